The van der Waals surface area contributed by atoms with Crippen molar-refractivity contribution in [3.8, 4) is 0 Å². The largest absolute Gasteiger partial charge is 0.370 e. The lowest BCUT2D eigenvalue weighted by Crippen LogP contribution is -2.07. The number of aromatic nitrogens is 6. The third-order valence-corrected chi connectivity index (χ3v) is 2.39. The summed E-state index contributed by atoms with van der Waals surface area (Å²) in [6, 6.07) is 3.75. The van der Waals surface area contributed by atoms with E-state index in [2.05, 4.69) is 30.6 Å². The number of nitrogens with zero attached hydrogens (tertiary/aromatic N) is 5. The molecule has 3 heterocycles. The van der Waals surface area contributed by atoms with E-state index in [1.54, 1.807) is 10.7 Å². The average Bonchev–Trinajstić information content (AvgIpc) is 2.98. The van der Waals surface area contributed by atoms with Crippen molar-refractivity contribution >= 4 is 11.5 Å². The number of H-pyrrole nitrogens is 1. The second-order valence-corrected chi connectivity index (χ2v) is 3.56. The molecule has 7 heteroatoms. The standard InChI is InChI=1S/C10H11N7/c1(9-12-7-13-16-9)4-11-8-3-6-17-10(15-8)2-5-14-17/h2-3,5-7H,1,4H2,(H,11,15)(H,12,13,16). The fraction of sp³-hybridized carbons (Fsp3) is 0.200. The molecule has 0 atom stereocenters. The molecule has 0 aliphatic carbocycles. The number of anilines is 1. The van der Waals surface area contributed by atoms with Crippen molar-refractivity contribution in [1.29, 1.82) is 0 Å². The third kappa shape index (κ3) is 2.07. The molecule has 3 rings (SSSR count). The highest BCUT2D eigenvalue weighted by molar-refractivity contribution is 5.45. The minimum atomic E-state index is 0.756. The van der Waals surface area contributed by atoms with Crippen LogP contribution >= 0.6 is 0 Å². The summed E-state index contributed by atoms with van der Waals surface area (Å²) in [5.41, 5.74) is 0.828. The maximum absolute atomic E-state index is 4.40. The molecule has 86 valence electrons. The molecule has 3 aromatic heterocycles. The maximum atomic E-state index is 4.40. The van der Waals surface area contributed by atoms with Crippen molar-refractivity contribution in [2.24, 2.45) is 0 Å². The molecule has 0 radical (unpaired) electrons. The summed E-state index contributed by atoms with van der Waals surface area (Å²) < 4.78 is 1.72. The van der Waals surface area contributed by atoms with Gasteiger partial charge in [-0.25, -0.2) is 14.5 Å². The van der Waals surface area contributed by atoms with E-state index in [0.29, 0.717) is 0 Å². The van der Waals surface area contributed by atoms with Crippen molar-refractivity contribution in [3.63, 3.8) is 0 Å². The molecule has 7 nitrogen and oxygen atoms in total. The van der Waals surface area contributed by atoms with Crippen molar-refractivity contribution in [2.75, 3.05) is 11.9 Å². The van der Waals surface area contributed by atoms with Crippen molar-refractivity contribution < 1.29 is 0 Å². The van der Waals surface area contributed by atoms with Crippen LogP contribution in [-0.4, -0.2) is 36.3 Å². The summed E-state index contributed by atoms with van der Waals surface area (Å²) in [4.78, 5) is 8.45. The molecule has 0 saturated heterocycles. The van der Waals surface area contributed by atoms with Gasteiger partial charge in [-0.2, -0.15) is 10.2 Å². The van der Waals surface area contributed by atoms with Crippen LogP contribution in [0.2, 0.25) is 0 Å². The van der Waals surface area contributed by atoms with Crippen molar-refractivity contribution in [1.82, 2.24) is 29.8 Å². The van der Waals surface area contributed by atoms with E-state index < -0.39 is 0 Å². The van der Waals surface area contributed by atoms with Crippen LogP contribution in [0.15, 0.2) is 30.9 Å². The van der Waals surface area contributed by atoms with Crippen LogP contribution in [0.4, 0.5) is 5.82 Å². The van der Waals surface area contributed by atoms with Gasteiger partial charge < -0.3 is 5.32 Å². The molecule has 2 N–H and O–H groups in total. The zero-order chi connectivity index (χ0) is 11.5. The van der Waals surface area contributed by atoms with Gasteiger partial charge in [-0.05, 0) is 6.07 Å². The molecule has 3 aromatic rings. The van der Waals surface area contributed by atoms with Crippen LogP contribution in [0.25, 0.3) is 5.65 Å². The fourth-order valence-corrected chi connectivity index (χ4v) is 1.57. The molecule has 17 heavy (non-hydrogen) atoms. The van der Waals surface area contributed by atoms with E-state index in [9.17, 15) is 0 Å². The van der Waals surface area contributed by atoms with Gasteiger partial charge in [0.2, 0.25) is 0 Å². The zero-order valence-electron chi connectivity index (χ0n) is 9.04. The van der Waals surface area contributed by atoms with Crippen LogP contribution < -0.4 is 5.32 Å². The van der Waals surface area contributed by atoms with Gasteiger partial charge in [-0.15, -0.1) is 0 Å². The highest BCUT2D eigenvalue weighted by Gasteiger charge is 1.99. The number of fused-ring (bicyclic) bond motifs is 1. The van der Waals surface area contributed by atoms with Crippen molar-refractivity contribution in [3.05, 3.63) is 36.7 Å². The minimum Gasteiger partial charge on any atom is -0.370 e. The van der Waals surface area contributed by atoms with Gasteiger partial charge in [-0.3, -0.25) is 5.10 Å². The summed E-state index contributed by atoms with van der Waals surface area (Å²) >= 11 is 0. The molecule has 0 amide bonds. The molecule has 0 aliphatic rings. The first kappa shape index (κ1) is 9.76. The van der Waals surface area contributed by atoms with Gasteiger partial charge in [0.25, 0.3) is 0 Å². The van der Waals surface area contributed by atoms with Crippen LogP contribution in [-0.2, 0) is 6.42 Å². The molecule has 0 saturated carbocycles. The molecular weight excluding hydrogens is 218 g/mol. The number of rotatable bonds is 4. The quantitative estimate of drug-likeness (QED) is 0.680. The van der Waals surface area contributed by atoms with Crippen LogP contribution in [0, 0.1) is 0 Å². The Kier molecular flexibility index (Phi) is 2.41. The Morgan fingerprint density at radius 2 is 2.35 bits per heavy atom. The summed E-state index contributed by atoms with van der Waals surface area (Å²) in [6.45, 7) is 0.756. The van der Waals surface area contributed by atoms with E-state index in [0.717, 1.165) is 30.3 Å². The summed E-state index contributed by atoms with van der Waals surface area (Å²) in [7, 11) is 0. The smallest absolute Gasteiger partial charge is 0.157 e. The molecule has 0 bridgehead atoms. The average molecular weight is 229 g/mol. The number of hydrogen-bond acceptors (Lipinski definition) is 5. The van der Waals surface area contributed by atoms with Gasteiger partial charge in [0, 0.05) is 25.2 Å². The first-order chi connectivity index (χ1) is 8.42. The van der Waals surface area contributed by atoms with Gasteiger partial charge >= 0.3 is 0 Å². The highest BCUT2D eigenvalue weighted by atomic mass is 15.2. The first-order valence-corrected chi connectivity index (χ1v) is 5.30. The third-order valence-electron chi connectivity index (χ3n) is 2.39. The second-order valence-electron chi connectivity index (χ2n) is 3.56. The van der Waals surface area contributed by atoms with Crippen LogP contribution in [0.5, 0.6) is 0 Å². The van der Waals surface area contributed by atoms with Crippen LogP contribution in [0.3, 0.4) is 0 Å². The molecule has 0 aromatic carbocycles. The molecular formula is C10H11N7. The SMILES string of the molecule is c1n[nH]c(CCNc2ccn3nccc3n2)n1. The summed E-state index contributed by atoms with van der Waals surface area (Å²) in [6.07, 6.45) is 5.89. The Labute approximate surface area is 96.9 Å². The zero-order valence-corrected chi connectivity index (χ0v) is 9.04. The second kappa shape index (κ2) is 4.20. The molecule has 0 unspecified atom stereocenters. The van der Waals surface area contributed by atoms with E-state index >= 15 is 0 Å². The lowest BCUT2D eigenvalue weighted by Gasteiger charge is -2.03. The highest BCUT2D eigenvalue weighted by Crippen LogP contribution is 2.05. The lowest BCUT2D eigenvalue weighted by molar-refractivity contribution is 0.891. The predicted molar refractivity (Wildman–Crippen MR) is 61.6 cm³/mol. The monoisotopic (exact) mass is 229 g/mol. The van der Waals surface area contributed by atoms with E-state index in [1.807, 2.05) is 18.3 Å². The Hall–Kier alpha value is -2.44. The number of aromatic amines is 1. The number of nitrogens with one attached hydrogen (secondary N) is 2. The molecule has 0 spiro atoms. The normalized spacial score (nSPS) is 10.8. The van der Waals surface area contributed by atoms with Gasteiger partial charge in [0.05, 0.1) is 6.20 Å². The summed E-state index contributed by atoms with van der Waals surface area (Å²) in [5.74, 6) is 1.69. The fourth-order valence-electron chi connectivity index (χ4n) is 1.57. The molecule has 0 aliphatic heterocycles. The van der Waals surface area contributed by atoms with E-state index in [-0.39, 0.29) is 0 Å². The Morgan fingerprint density at radius 1 is 1.35 bits per heavy atom. The molecule has 0 fully saturated rings. The first-order valence-electron chi connectivity index (χ1n) is 5.30. The van der Waals surface area contributed by atoms with Gasteiger partial charge in [0.1, 0.15) is 18.0 Å². The van der Waals surface area contributed by atoms with Gasteiger partial charge in [-0.1, -0.05) is 0 Å². The van der Waals surface area contributed by atoms with Gasteiger partial charge in [0.15, 0.2) is 5.65 Å². The van der Waals surface area contributed by atoms with E-state index in [1.165, 1.54) is 6.33 Å². The Bertz CT molecular complexity index is 598. The van der Waals surface area contributed by atoms with Crippen molar-refractivity contribution in [2.45, 2.75) is 6.42 Å². The minimum absolute atomic E-state index is 0.756. The van der Waals surface area contributed by atoms with E-state index in [4.69, 9.17) is 0 Å². The Morgan fingerprint density at radius 3 is 3.24 bits per heavy atom. The predicted octanol–water partition coefficient (Wildman–Crippen LogP) is 0.502. The Balaban J connectivity index is 1.64. The number of hydrogen-bond donors (Lipinski definition) is 2. The van der Waals surface area contributed by atoms with Crippen LogP contribution in [0.1, 0.15) is 5.82 Å². The topological polar surface area (TPSA) is 83.8 Å². The lowest BCUT2D eigenvalue weighted by atomic mass is 10.4. The maximum Gasteiger partial charge on any atom is 0.157 e. The summed E-state index contributed by atoms with van der Waals surface area (Å²) in [5, 5.41) is 13.9.